The SMILES string of the molecule is CN1CCN(C(=O)CCCn2cncn2)CCOc2ccc(N3CCOCC3)cc2Cc2cccc(c2)C1=O. The van der Waals surface area contributed by atoms with Gasteiger partial charge in [-0.05, 0) is 42.3 Å². The Morgan fingerprint density at radius 2 is 1.87 bits per heavy atom. The number of carbonyl (C=O) groups is 2. The van der Waals surface area contributed by atoms with Crippen LogP contribution in [0.15, 0.2) is 55.1 Å². The van der Waals surface area contributed by atoms with Gasteiger partial charge in [0, 0.05) is 69.4 Å². The first-order valence-electron chi connectivity index (χ1n) is 13.6. The fourth-order valence-corrected chi connectivity index (χ4v) is 5.02. The lowest BCUT2D eigenvalue weighted by Crippen LogP contribution is -2.41. The molecule has 3 heterocycles. The normalized spacial score (nSPS) is 16.8. The molecule has 206 valence electrons. The van der Waals surface area contributed by atoms with Crippen molar-refractivity contribution in [3.63, 3.8) is 0 Å². The van der Waals surface area contributed by atoms with Crippen molar-refractivity contribution in [2.75, 3.05) is 64.5 Å². The smallest absolute Gasteiger partial charge is 0.253 e. The van der Waals surface area contributed by atoms with Crippen LogP contribution in [-0.4, -0.2) is 96.0 Å². The molecule has 2 aliphatic rings. The Bertz CT molecular complexity index is 1260. The van der Waals surface area contributed by atoms with Crippen molar-refractivity contribution in [2.24, 2.45) is 0 Å². The van der Waals surface area contributed by atoms with Crippen LogP contribution in [0, 0.1) is 0 Å². The first-order chi connectivity index (χ1) is 19.1. The van der Waals surface area contributed by atoms with Gasteiger partial charge in [-0.2, -0.15) is 5.10 Å². The van der Waals surface area contributed by atoms with E-state index in [9.17, 15) is 9.59 Å². The number of aryl methyl sites for hydroxylation is 1. The van der Waals surface area contributed by atoms with Gasteiger partial charge in [-0.1, -0.05) is 12.1 Å². The van der Waals surface area contributed by atoms with Gasteiger partial charge >= 0.3 is 0 Å². The number of nitrogens with zero attached hydrogens (tertiary/aromatic N) is 6. The number of anilines is 1. The number of hydrogen-bond donors (Lipinski definition) is 0. The number of morpholine rings is 1. The number of benzene rings is 2. The van der Waals surface area contributed by atoms with Gasteiger partial charge in [-0.25, -0.2) is 4.98 Å². The van der Waals surface area contributed by atoms with Gasteiger partial charge in [0.1, 0.15) is 25.0 Å². The molecule has 2 aromatic carbocycles. The lowest BCUT2D eigenvalue weighted by molar-refractivity contribution is -0.131. The molecule has 3 aromatic rings. The van der Waals surface area contributed by atoms with E-state index in [1.54, 1.807) is 27.9 Å². The van der Waals surface area contributed by atoms with E-state index in [1.165, 1.54) is 6.33 Å². The van der Waals surface area contributed by atoms with Crippen LogP contribution < -0.4 is 9.64 Å². The third-order valence-corrected chi connectivity index (χ3v) is 7.26. The summed E-state index contributed by atoms with van der Waals surface area (Å²) in [4.78, 5) is 36.2. The average Bonchev–Trinajstić information content (AvgIpc) is 3.48. The summed E-state index contributed by atoms with van der Waals surface area (Å²) in [5, 5.41) is 4.10. The maximum Gasteiger partial charge on any atom is 0.253 e. The molecule has 0 saturated carbocycles. The molecule has 0 aliphatic carbocycles. The maximum atomic E-state index is 13.2. The van der Waals surface area contributed by atoms with E-state index >= 15 is 0 Å². The Balaban J connectivity index is 1.36. The Kier molecular flexibility index (Phi) is 8.72. The Hall–Kier alpha value is -3.92. The van der Waals surface area contributed by atoms with Crippen LogP contribution in [0.5, 0.6) is 5.75 Å². The average molecular weight is 533 g/mol. The summed E-state index contributed by atoms with van der Waals surface area (Å²) in [5.41, 5.74) is 3.89. The number of aromatic nitrogens is 3. The summed E-state index contributed by atoms with van der Waals surface area (Å²) in [6, 6.07) is 14.1. The van der Waals surface area contributed by atoms with Crippen LogP contribution in [0.4, 0.5) is 5.69 Å². The van der Waals surface area contributed by atoms with E-state index in [2.05, 4.69) is 27.1 Å². The van der Waals surface area contributed by atoms with E-state index < -0.39 is 0 Å². The number of ether oxygens (including phenoxy) is 2. The van der Waals surface area contributed by atoms with Gasteiger partial charge in [0.25, 0.3) is 5.91 Å². The molecule has 0 N–H and O–H groups in total. The number of carbonyl (C=O) groups excluding carboxylic acids is 2. The second-order valence-electron chi connectivity index (χ2n) is 9.99. The minimum absolute atomic E-state index is 0.0385. The molecule has 10 nitrogen and oxygen atoms in total. The largest absolute Gasteiger partial charge is 0.491 e. The summed E-state index contributed by atoms with van der Waals surface area (Å²) in [7, 11) is 1.79. The van der Waals surface area contributed by atoms with Crippen molar-refractivity contribution in [1.82, 2.24) is 24.6 Å². The van der Waals surface area contributed by atoms with E-state index in [-0.39, 0.29) is 11.8 Å². The molecule has 2 aliphatic heterocycles. The quantitative estimate of drug-likeness (QED) is 0.499. The predicted octanol–water partition coefficient (Wildman–Crippen LogP) is 2.48. The Morgan fingerprint density at radius 1 is 1.00 bits per heavy atom. The number of amides is 2. The number of rotatable bonds is 5. The third-order valence-electron chi connectivity index (χ3n) is 7.26. The first-order valence-corrected chi connectivity index (χ1v) is 13.6. The number of hydrogen-bond acceptors (Lipinski definition) is 7. The van der Waals surface area contributed by atoms with Crippen LogP contribution in [0.3, 0.4) is 0 Å². The zero-order valence-electron chi connectivity index (χ0n) is 22.5. The highest BCUT2D eigenvalue weighted by Gasteiger charge is 2.20. The van der Waals surface area contributed by atoms with Gasteiger partial charge in [-0.3, -0.25) is 14.3 Å². The van der Waals surface area contributed by atoms with E-state index in [0.717, 1.165) is 35.7 Å². The van der Waals surface area contributed by atoms with Crippen LogP contribution in [0.25, 0.3) is 0 Å². The zero-order chi connectivity index (χ0) is 27.0. The molecule has 10 heteroatoms. The summed E-state index contributed by atoms with van der Waals surface area (Å²) in [5.74, 6) is 0.791. The minimum atomic E-state index is -0.0500. The summed E-state index contributed by atoms with van der Waals surface area (Å²) >= 11 is 0. The van der Waals surface area contributed by atoms with Crippen LogP contribution in [0.1, 0.15) is 34.3 Å². The van der Waals surface area contributed by atoms with Gasteiger partial charge in [-0.15, -0.1) is 0 Å². The fourth-order valence-electron chi connectivity index (χ4n) is 5.02. The highest BCUT2D eigenvalue weighted by atomic mass is 16.5. The summed E-state index contributed by atoms with van der Waals surface area (Å²) in [6.45, 7) is 5.46. The second-order valence-corrected chi connectivity index (χ2v) is 9.99. The molecule has 1 fully saturated rings. The molecular weight excluding hydrogens is 496 g/mol. The highest BCUT2D eigenvalue weighted by Crippen LogP contribution is 2.28. The van der Waals surface area contributed by atoms with Gasteiger partial charge in [0.2, 0.25) is 5.91 Å². The Morgan fingerprint density at radius 3 is 2.69 bits per heavy atom. The van der Waals surface area contributed by atoms with Crippen LogP contribution in [-0.2, 0) is 22.5 Å². The molecule has 0 unspecified atom stereocenters. The van der Waals surface area contributed by atoms with Crippen molar-refractivity contribution < 1.29 is 19.1 Å². The number of likely N-dealkylation sites (N-methyl/N-ethyl adjacent to an activating group) is 1. The second kappa shape index (κ2) is 12.8. The van der Waals surface area contributed by atoms with Gasteiger partial charge in [0.05, 0.1) is 19.8 Å². The Labute approximate surface area is 229 Å². The topological polar surface area (TPSA) is 93.0 Å². The van der Waals surface area contributed by atoms with E-state index in [4.69, 9.17) is 9.47 Å². The fraction of sp³-hybridized carbons (Fsp3) is 0.448. The lowest BCUT2D eigenvalue weighted by atomic mass is 10.0. The molecular formula is C29H36N6O4. The van der Waals surface area contributed by atoms with Crippen molar-refractivity contribution in [3.8, 4) is 5.75 Å². The van der Waals surface area contributed by atoms with Crippen molar-refractivity contribution in [3.05, 3.63) is 71.8 Å². The summed E-state index contributed by atoms with van der Waals surface area (Å²) < 4.78 is 13.6. The van der Waals surface area contributed by atoms with Crippen LogP contribution in [0.2, 0.25) is 0 Å². The lowest BCUT2D eigenvalue weighted by Gasteiger charge is -2.30. The first kappa shape index (κ1) is 26.7. The highest BCUT2D eigenvalue weighted by molar-refractivity contribution is 5.94. The van der Waals surface area contributed by atoms with Crippen molar-refractivity contribution in [2.45, 2.75) is 25.8 Å². The molecule has 0 radical (unpaired) electrons. The molecule has 0 spiro atoms. The third kappa shape index (κ3) is 6.94. The van der Waals surface area contributed by atoms with E-state index in [0.29, 0.717) is 70.8 Å². The van der Waals surface area contributed by atoms with Crippen molar-refractivity contribution >= 4 is 17.5 Å². The van der Waals surface area contributed by atoms with Crippen molar-refractivity contribution in [1.29, 1.82) is 0 Å². The molecule has 2 bridgehead atoms. The van der Waals surface area contributed by atoms with Gasteiger partial charge < -0.3 is 24.2 Å². The van der Waals surface area contributed by atoms with Crippen LogP contribution >= 0.6 is 0 Å². The molecule has 0 atom stereocenters. The summed E-state index contributed by atoms with van der Waals surface area (Å²) in [6.07, 6.45) is 4.83. The molecule has 39 heavy (non-hydrogen) atoms. The maximum absolute atomic E-state index is 13.2. The number of fused-ring (bicyclic) bond motifs is 3. The van der Waals surface area contributed by atoms with Gasteiger partial charge in [0.15, 0.2) is 0 Å². The monoisotopic (exact) mass is 532 g/mol. The minimum Gasteiger partial charge on any atom is -0.491 e. The molecule has 1 aromatic heterocycles. The predicted molar refractivity (Wildman–Crippen MR) is 147 cm³/mol. The molecule has 2 amide bonds. The zero-order valence-corrected chi connectivity index (χ0v) is 22.5. The molecule has 1 saturated heterocycles. The van der Waals surface area contributed by atoms with E-state index in [1.807, 2.05) is 30.3 Å². The standard InChI is InChI=1S/C29H36N6O4/c1-32-10-11-34(28(36)6-3-9-35-22-30-21-31-35)14-17-39-27-8-7-26(33-12-15-38-16-13-33)20-25(27)19-23-4-2-5-24(18-23)29(32)37/h2,4-5,7-8,18,20-22H,3,6,9-17,19H2,1H3. The molecule has 5 rings (SSSR count).